The summed E-state index contributed by atoms with van der Waals surface area (Å²) in [6, 6.07) is 19.0. The van der Waals surface area contributed by atoms with Crippen LogP contribution in [-0.4, -0.2) is 49.4 Å². The fraction of sp³-hybridized carbons (Fsp3) is 0.276. The number of hydrogen-bond donors (Lipinski definition) is 1. The summed E-state index contributed by atoms with van der Waals surface area (Å²) in [5.74, 6) is 2.10. The molecule has 0 unspecified atom stereocenters. The van der Waals surface area contributed by atoms with Crippen LogP contribution in [-0.2, 0) is 16.6 Å². The number of hydrogen-bond acceptors (Lipinski definition) is 8. The molecule has 0 amide bonds. The van der Waals surface area contributed by atoms with E-state index in [2.05, 4.69) is 16.2 Å². The van der Waals surface area contributed by atoms with Gasteiger partial charge in [-0.05, 0) is 73.5 Å². The van der Waals surface area contributed by atoms with Crippen molar-refractivity contribution in [2.45, 2.75) is 36.4 Å². The number of nitro benzene ring substituents is 1. The number of nitro groups is 1. The maximum atomic E-state index is 12.7. The minimum absolute atomic E-state index is 0.124. The van der Waals surface area contributed by atoms with Crippen LogP contribution < -0.4 is 14.2 Å². The lowest BCUT2D eigenvalue weighted by molar-refractivity contribution is -0.384. The van der Waals surface area contributed by atoms with E-state index in [0.717, 1.165) is 58.2 Å². The van der Waals surface area contributed by atoms with Crippen LogP contribution >= 0.6 is 23.4 Å². The van der Waals surface area contributed by atoms with Crippen molar-refractivity contribution in [1.82, 2.24) is 14.3 Å². The highest BCUT2D eigenvalue weighted by atomic mass is 35.5. The minimum atomic E-state index is -3.94. The van der Waals surface area contributed by atoms with Gasteiger partial charge in [0, 0.05) is 36.0 Å². The average Bonchev–Trinajstić information content (AvgIpc) is 3.35. The standard InChI is InChI=1S/C29H31ClN4O6S2/c1-4-17-33-28(21-8-12-23(40-3)13-9-21)27(20-6-10-22(39-2)11-7-20)32-29(33)41-18-5-16-31-42(37,38)24-14-15-25(30)26(19-24)34(35)36/h6-15,19,31H,4-5,16-18H2,1-3H3. The summed E-state index contributed by atoms with van der Waals surface area (Å²) in [5.41, 5.74) is 3.31. The van der Waals surface area contributed by atoms with Gasteiger partial charge in [-0.2, -0.15) is 0 Å². The molecule has 0 fully saturated rings. The highest BCUT2D eigenvalue weighted by molar-refractivity contribution is 7.99. The first-order valence-corrected chi connectivity index (χ1v) is 16.0. The topological polar surface area (TPSA) is 126 Å². The number of rotatable bonds is 14. The van der Waals surface area contributed by atoms with Crippen LogP contribution in [0.2, 0.25) is 5.02 Å². The van der Waals surface area contributed by atoms with Crippen molar-refractivity contribution in [2.75, 3.05) is 26.5 Å². The highest BCUT2D eigenvalue weighted by Gasteiger charge is 2.22. The van der Waals surface area contributed by atoms with E-state index in [1.807, 2.05) is 48.5 Å². The lowest BCUT2D eigenvalue weighted by Gasteiger charge is -2.13. The first-order chi connectivity index (χ1) is 20.2. The van der Waals surface area contributed by atoms with Crippen molar-refractivity contribution in [2.24, 2.45) is 0 Å². The van der Waals surface area contributed by atoms with E-state index in [1.165, 1.54) is 12.1 Å². The quantitative estimate of drug-likeness (QED) is 0.0709. The smallest absolute Gasteiger partial charge is 0.289 e. The first kappa shape index (κ1) is 31.4. The largest absolute Gasteiger partial charge is 0.497 e. The van der Waals surface area contributed by atoms with E-state index < -0.39 is 20.6 Å². The SMILES string of the molecule is CCCn1c(SCCCNS(=O)(=O)c2ccc(Cl)c([N+](=O)[O-])c2)nc(-c2ccc(OC)cc2)c1-c1ccc(OC)cc1. The number of halogens is 1. The maximum Gasteiger partial charge on any atom is 0.289 e. The molecule has 10 nitrogen and oxygen atoms in total. The number of benzene rings is 3. The molecule has 222 valence electrons. The van der Waals surface area contributed by atoms with E-state index >= 15 is 0 Å². The molecule has 3 aromatic carbocycles. The van der Waals surface area contributed by atoms with E-state index in [0.29, 0.717) is 12.2 Å². The second kappa shape index (κ2) is 14.1. The molecule has 0 saturated heterocycles. The number of nitrogens with one attached hydrogen (secondary N) is 1. The second-order valence-electron chi connectivity index (χ2n) is 9.17. The Balaban J connectivity index is 1.54. The number of aromatic nitrogens is 2. The number of nitrogens with zero attached hydrogens (tertiary/aromatic N) is 3. The molecule has 4 aromatic rings. The lowest BCUT2D eigenvalue weighted by atomic mass is 10.0. The van der Waals surface area contributed by atoms with Crippen LogP contribution in [0.15, 0.2) is 76.8 Å². The third-order valence-electron chi connectivity index (χ3n) is 6.38. The zero-order chi connectivity index (χ0) is 30.3. The third kappa shape index (κ3) is 7.24. The molecular formula is C29H31ClN4O6S2. The Bertz CT molecular complexity index is 1640. The van der Waals surface area contributed by atoms with Crippen molar-refractivity contribution in [3.8, 4) is 34.0 Å². The van der Waals surface area contributed by atoms with E-state index in [4.69, 9.17) is 26.1 Å². The molecule has 42 heavy (non-hydrogen) atoms. The summed E-state index contributed by atoms with van der Waals surface area (Å²) >= 11 is 7.36. The monoisotopic (exact) mass is 630 g/mol. The zero-order valence-corrected chi connectivity index (χ0v) is 25.8. The van der Waals surface area contributed by atoms with Crippen molar-refractivity contribution >= 4 is 39.1 Å². The number of methoxy groups -OCH3 is 2. The van der Waals surface area contributed by atoms with Gasteiger partial charge in [-0.25, -0.2) is 18.1 Å². The van der Waals surface area contributed by atoms with Crippen LogP contribution in [0.4, 0.5) is 5.69 Å². The van der Waals surface area contributed by atoms with Gasteiger partial charge in [0.25, 0.3) is 5.69 Å². The van der Waals surface area contributed by atoms with Crippen molar-refractivity contribution in [3.05, 3.63) is 81.9 Å². The zero-order valence-electron chi connectivity index (χ0n) is 23.4. The van der Waals surface area contributed by atoms with Crippen molar-refractivity contribution in [1.29, 1.82) is 0 Å². The molecule has 0 radical (unpaired) electrons. The van der Waals surface area contributed by atoms with Crippen LogP contribution in [0.1, 0.15) is 19.8 Å². The molecule has 0 spiro atoms. The molecule has 1 N–H and O–H groups in total. The maximum absolute atomic E-state index is 12.7. The molecular weight excluding hydrogens is 600 g/mol. The molecule has 1 heterocycles. The Morgan fingerprint density at radius 3 is 2.19 bits per heavy atom. The molecule has 0 aliphatic rings. The minimum Gasteiger partial charge on any atom is -0.497 e. The number of ether oxygens (including phenoxy) is 2. The molecule has 0 atom stereocenters. The van der Waals surface area contributed by atoms with E-state index in [9.17, 15) is 18.5 Å². The Morgan fingerprint density at radius 1 is 1.00 bits per heavy atom. The summed E-state index contributed by atoms with van der Waals surface area (Å²) in [6.45, 7) is 3.00. The van der Waals surface area contributed by atoms with Gasteiger partial charge in [-0.1, -0.05) is 30.3 Å². The van der Waals surface area contributed by atoms with Gasteiger partial charge in [0.1, 0.15) is 16.5 Å². The molecule has 0 aliphatic heterocycles. The molecule has 1 aromatic heterocycles. The van der Waals surface area contributed by atoms with Crippen molar-refractivity contribution < 1.29 is 22.8 Å². The molecule has 0 aliphatic carbocycles. The molecule has 0 bridgehead atoms. The number of sulfonamides is 1. The van der Waals surface area contributed by atoms with Gasteiger partial charge in [-0.3, -0.25) is 10.1 Å². The van der Waals surface area contributed by atoms with Crippen LogP contribution in [0, 0.1) is 10.1 Å². The molecule has 13 heteroatoms. The fourth-order valence-corrected chi connectivity index (χ4v) is 6.54. The van der Waals surface area contributed by atoms with E-state index in [1.54, 1.807) is 26.0 Å². The highest BCUT2D eigenvalue weighted by Crippen LogP contribution is 2.37. The van der Waals surface area contributed by atoms with Gasteiger partial charge in [-0.15, -0.1) is 0 Å². The normalized spacial score (nSPS) is 11.4. The van der Waals surface area contributed by atoms with E-state index in [-0.39, 0.29) is 16.5 Å². The van der Waals surface area contributed by atoms with Crippen molar-refractivity contribution in [3.63, 3.8) is 0 Å². The Hall–Kier alpha value is -3.58. The first-order valence-electron chi connectivity index (χ1n) is 13.1. The summed E-state index contributed by atoms with van der Waals surface area (Å²) in [4.78, 5) is 15.3. The van der Waals surface area contributed by atoms with Crippen LogP contribution in [0.5, 0.6) is 11.5 Å². The lowest BCUT2D eigenvalue weighted by Crippen LogP contribution is -2.25. The van der Waals surface area contributed by atoms with Gasteiger partial charge in [0.15, 0.2) is 5.16 Å². The molecule has 4 rings (SSSR count). The third-order valence-corrected chi connectivity index (χ3v) is 9.22. The molecule has 0 saturated carbocycles. The number of thioether (sulfide) groups is 1. The van der Waals surface area contributed by atoms with Crippen LogP contribution in [0.3, 0.4) is 0 Å². The number of imidazole rings is 1. The fourth-order valence-electron chi connectivity index (χ4n) is 4.29. The summed E-state index contributed by atoms with van der Waals surface area (Å²) in [6.07, 6.45) is 1.40. The van der Waals surface area contributed by atoms with Gasteiger partial charge >= 0.3 is 0 Å². The predicted octanol–water partition coefficient (Wildman–Crippen LogP) is 6.67. The Kier molecular flexibility index (Phi) is 10.5. The predicted molar refractivity (Wildman–Crippen MR) is 165 cm³/mol. The van der Waals surface area contributed by atoms with Gasteiger partial charge < -0.3 is 14.0 Å². The Morgan fingerprint density at radius 2 is 1.62 bits per heavy atom. The van der Waals surface area contributed by atoms with Gasteiger partial charge in [0.05, 0.1) is 35.4 Å². The average molecular weight is 631 g/mol. The Labute approximate surface area is 254 Å². The second-order valence-corrected chi connectivity index (χ2v) is 12.4. The summed E-state index contributed by atoms with van der Waals surface area (Å²) in [5, 5.41) is 11.9. The summed E-state index contributed by atoms with van der Waals surface area (Å²) in [7, 11) is -0.686. The van der Waals surface area contributed by atoms with Crippen LogP contribution in [0.25, 0.3) is 22.5 Å². The summed E-state index contributed by atoms with van der Waals surface area (Å²) < 4.78 is 40.9. The van der Waals surface area contributed by atoms with Gasteiger partial charge in [0.2, 0.25) is 10.0 Å².